The predicted molar refractivity (Wildman–Crippen MR) is 168 cm³/mol. The Balaban J connectivity index is 1.84. The summed E-state index contributed by atoms with van der Waals surface area (Å²) in [4.78, 5) is 43.8. The van der Waals surface area contributed by atoms with Gasteiger partial charge in [-0.1, -0.05) is 71.6 Å². The lowest BCUT2D eigenvalue weighted by atomic mass is 9.82. The van der Waals surface area contributed by atoms with E-state index in [2.05, 4.69) is 31.6 Å². The van der Waals surface area contributed by atoms with Gasteiger partial charge in [-0.25, -0.2) is 0 Å². The first-order valence-electron chi connectivity index (χ1n) is 14.2. The maximum Gasteiger partial charge on any atom is 0.243 e. The molecule has 3 atom stereocenters. The summed E-state index contributed by atoms with van der Waals surface area (Å²) >= 11 is 3.50. The van der Waals surface area contributed by atoms with Crippen molar-refractivity contribution in [3.63, 3.8) is 0 Å². The third kappa shape index (κ3) is 9.86. The number of benzene rings is 2. The second kappa shape index (κ2) is 15.9. The van der Waals surface area contributed by atoms with Crippen LogP contribution in [0.1, 0.15) is 67.6 Å². The molecule has 3 amide bonds. The van der Waals surface area contributed by atoms with Gasteiger partial charge in [0.25, 0.3) is 0 Å². The number of carbonyl (C=O) groups excluding carboxylic acids is 3. The molecule has 1 unspecified atom stereocenters. The molecule has 0 saturated heterocycles. The summed E-state index contributed by atoms with van der Waals surface area (Å²) in [6.07, 6.45) is 5.65. The van der Waals surface area contributed by atoms with Gasteiger partial charge in [0.1, 0.15) is 17.9 Å². The molecule has 1 aliphatic carbocycles. The van der Waals surface area contributed by atoms with E-state index in [1.165, 1.54) is 0 Å². The Bertz CT molecular complexity index is 1270. The standard InChI is InChI=1S/C30H41BrN8O3/c31-22-9-4-8-21(17-22)23(16-18-11-13-20(14-12-18)26(32)33)28(41)39-25(19-6-2-1-3-7-19)29(42)38-24(27(34)40)10-5-15-37-30(35)36/h4,8-9,11-14,17,19,23-25H,1-3,5-7,10,15-16H2,(H3,32,33)(H2,34,40)(H,38,42)(H,39,41)(H4,35,36,37)/t23?,24-,25-/m0/s1. The Morgan fingerprint density at radius 2 is 1.64 bits per heavy atom. The van der Waals surface area contributed by atoms with Crippen molar-refractivity contribution in [2.45, 2.75) is 69.4 Å². The Labute approximate surface area is 254 Å². The number of halogens is 1. The van der Waals surface area contributed by atoms with Gasteiger partial charge in [-0.2, -0.15) is 0 Å². The molecule has 1 aliphatic rings. The summed E-state index contributed by atoms with van der Waals surface area (Å²) in [5, 5.41) is 13.5. The summed E-state index contributed by atoms with van der Waals surface area (Å²) in [6, 6.07) is 13.0. The van der Waals surface area contributed by atoms with Crippen LogP contribution in [0, 0.1) is 11.3 Å². The molecule has 12 heteroatoms. The fourth-order valence-electron chi connectivity index (χ4n) is 5.31. The lowest BCUT2D eigenvalue weighted by Gasteiger charge is -2.32. The van der Waals surface area contributed by atoms with Crippen LogP contribution in [0.15, 0.2) is 58.0 Å². The molecule has 0 spiro atoms. The molecule has 2 aromatic carbocycles. The van der Waals surface area contributed by atoms with Gasteiger partial charge >= 0.3 is 0 Å². The quantitative estimate of drug-likeness (QED) is 0.0931. The molecule has 0 bridgehead atoms. The zero-order chi connectivity index (χ0) is 30.6. The van der Waals surface area contributed by atoms with Crippen LogP contribution in [0.5, 0.6) is 0 Å². The molecule has 0 radical (unpaired) electrons. The minimum absolute atomic E-state index is 0.0327. The predicted octanol–water partition coefficient (Wildman–Crippen LogP) is 2.15. The number of rotatable bonds is 14. The van der Waals surface area contributed by atoms with Crippen LogP contribution in [-0.4, -0.2) is 48.1 Å². The Morgan fingerprint density at radius 1 is 0.952 bits per heavy atom. The Kier molecular flexibility index (Phi) is 12.3. The normalized spacial score (nSPS) is 15.5. The maximum atomic E-state index is 14.0. The van der Waals surface area contributed by atoms with E-state index in [4.69, 9.17) is 28.3 Å². The molecule has 3 rings (SSSR count). The minimum atomic E-state index is -0.921. The Morgan fingerprint density at radius 3 is 2.24 bits per heavy atom. The van der Waals surface area contributed by atoms with Crippen molar-refractivity contribution in [3.05, 3.63) is 69.7 Å². The van der Waals surface area contributed by atoms with Crippen molar-refractivity contribution >= 4 is 45.4 Å². The first-order valence-corrected chi connectivity index (χ1v) is 15.0. The largest absolute Gasteiger partial charge is 0.384 e. The summed E-state index contributed by atoms with van der Waals surface area (Å²) in [5.41, 5.74) is 24.2. The van der Waals surface area contributed by atoms with E-state index in [0.717, 1.165) is 47.7 Å². The number of aliphatic imine (C=N–C) groups is 1. The van der Waals surface area contributed by atoms with Crippen LogP contribution in [0.4, 0.5) is 0 Å². The number of nitrogen functional groups attached to an aromatic ring is 1. The molecule has 11 nitrogen and oxygen atoms in total. The van der Waals surface area contributed by atoms with Gasteiger partial charge < -0.3 is 33.6 Å². The SMILES string of the molecule is N=C(N)c1ccc(CC(C(=O)N[C@H](C(=O)N[C@@H](CCCN=C(N)N)C(N)=O)C2CCCCC2)c2cccc(Br)c2)cc1. The van der Waals surface area contributed by atoms with Gasteiger partial charge in [-0.05, 0) is 61.3 Å². The van der Waals surface area contributed by atoms with E-state index >= 15 is 0 Å². The van der Waals surface area contributed by atoms with Crippen molar-refractivity contribution in [2.75, 3.05) is 6.54 Å². The van der Waals surface area contributed by atoms with Crippen LogP contribution in [0.2, 0.25) is 0 Å². The Hall–Kier alpha value is -3.93. The van der Waals surface area contributed by atoms with E-state index < -0.39 is 29.8 Å². The van der Waals surface area contributed by atoms with Gasteiger partial charge in [0.2, 0.25) is 17.7 Å². The molecular weight excluding hydrogens is 600 g/mol. The number of nitrogens with two attached hydrogens (primary N) is 4. The van der Waals surface area contributed by atoms with E-state index in [0.29, 0.717) is 24.9 Å². The average Bonchev–Trinajstić information content (AvgIpc) is 2.96. The van der Waals surface area contributed by atoms with Crippen molar-refractivity contribution in [3.8, 4) is 0 Å². The summed E-state index contributed by atoms with van der Waals surface area (Å²) in [5.74, 6) is -2.15. The number of guanidine groups is 1. The molecule has 0 aromatic heterocycles. The molecule has 226 valence electrons. The topological polar surface area (TPSA) is 216 Å². The van der Waals surface area contributed by atoms with Crippen LogP contribution in [-0.2, 0) is 20.8 Å². The zero-order valence-corrected chi connectivity index (χ0v) is 25.2. The van der Waals surface area contributed by atoms with Crippen molar-refractivity contribution in [1.29, 1.82) is 5.41 Å². The number of nitrogens with zero attached hydrogens (tertiary/aromatic N) is 1. The molecule has 42 heavy (non-hydrogen) atoms. The molecular formula is C30H41BrN8O3. The summed E-state index contributed by atoms with van der Waals surface area (Å²) in [6.45, 7) is 0.298. The van der Waals surface area contributed by atoms with Crippen LogP contribution < -0.4 is 33.6 Å². The van der Waals surface area contributed by atoms with Gasteiger partial charge in [0.05, 0.1) is 5.92 Å². The first-order chi connectivity index (χ1) is 20.0. The van der Waals surface area contributed by atoms with Gasteiger partial charge in [0.15, 0.2) is 5.96 Å². The van der Waals surface area contributed by atoms with Crippen molar-refractivity contribution < 1.29 is 14.4 Å². The maximum absolute atomic E-state index is 14.0. The van der Waals surface area contributed by atoms with Gasteiger partial charge in [0, 0.05) is 16.6 Å². The number of carbonyl (C=O) groups is 3. The molecule has 11 N–H and O–H groups in total. The zero-order valence-electron chi connectivity index (χ0n) is 23.7. The average molecular weight is 642 g/mol. The monoisotopic (exact) mass is 640 g/mol. The molecule has 1 saturated carbocycles. The number of amidine groups is 1. The second-order valence-corrected chi connectivity index (χ2v) is 11.6. The third-order valence-corrected chi connectivity index (χ3v) is 8.07. The van der Waals surface area contributed by atoms with E-state index in [9.17, 15) is 14.4 Å². The second-order valence-electron chi connectivity index (χ2n) is 10.7. The lowest BCUT2D eigenvalue weighted by molar-refractivity contribution is -0.133. The summed E-state index contributed by atoms with van der Waals surface area (Å²) in [7, 11) is 0. The third-order valence-electron chi connectivity index (χ3n) is 7.58. The smallest absolute Gasteiger partial charge is 0.243 e. The molecule has 0 heterocycles. The van der Waals surface area contributed by atoms with Crippen molar-refractivity contribution in [1.82, 2.24) is 10.6 Å². The van der Waals surface area contributed by atoms with Gasteiger partial charge in [-0.15, -0.1) is 0 Å². The fourth-order valence-corrected chi connectivity index (χ4v) is 5.73. The molecule has 0 aliphatic heterocycles. The summed E-state index contributed by atoms with van der Waals surface area (Å²) < 4.78 is 0.830. The van der Waals surface area contributed by atoms with Crippen LogP contribution >= 0.6 is 15.9 Å². The highest BCUT2D eigenvalue weighted by atomic mass is 79.9. The van der Waals surface area contributed by atoms with E-state index in [-0.39, 0.29) is 30.0 Å². The first kappa shape index (κ1) is 32.6. The highest BCUT2D eigenvalue weighted by Gasteiger charge is 2.35. The molecule has 1 fully saturated rings. The number of hydrogen-bond donors (Lipinski definition) is 7. The lowest BCUT2D eigenvalue weighted by Crippen LogP contribution is -2.56. The number of primary amides is 1. The minimum Gasteiger partial charge on any atom is -0.384 e. The molecule has 2 aromatic rings. The fraction of sp³-hybridized carbons (Fsp3) is 0.433. The number of hydrogen-bond acceptors (Lipinski definition) is 5. The van der Waals surface area contributed by atoms with E-state index in [1.807, 2.05) is 36.4 Å². The number of amides is 3. The number of nitrogens with one attached hydrogen (secondary N) is 3. The van der Waals surface area contributed by atoms with Gasteiger partial charge in [-0.3, -0.25) is 24.8 Å². The highest BCUT2D eigenvalue weighted by molar-refractivity contribution is 9.10. The van der Waals surface area contributed by atoms with Crippen LogP contribution in [0.25, 0.3) is 0 Å². The van der Waals surface area contributed by atoms with Crippen molar-refractivity contribution in [2.24, 2.45) is 33.8 Å². The highest BCUT2D eigenvalue weighted by Crippen LogP contribution is 2.29. The van der Waals surface area contributed by atoms with Crippen LogP contribution in [0.3, 0.4) is 0 Å². The van der Waals surface area contributed by atoms with E-state index in [1.54, 1.807) is 12.1 Å².